The van der Waals surface area contributed by atoms with Gasteiger partial charge in [0.05, 0.1) is 18.9 Å². The van der Waals surface area contributed by atoms with Gasteiger partial charge in [-0.3, -0.25) is 4.79 Å². The zero-order chi connectivity index (χ0) is 20.2. The maximum atomic E-state index is 12.2. The zero-order valence-electron chi connectivity index (χ0n) is 15.1. The highest BCUT2D eigenvalue weighted by Crippen LogP contribution is 2.27. The quantitative estimate of drug-likeness (QED) is 0.481. The number of carbonyl (C=O) groups is 1. The van der Waals surface area contributed by atoms with Crippen LogP contribution >= 0.6 is 24.2 Å². The van der Waals surface area contributed by atoms with Gasteiger partial charge in [-0.15, -0.1) is 4.52 Å². The second kappa shape index (κ2) is 12.3. The summed E-state index contributed by atoms with van der Waals surface area (Å²) >= 11 is 3.36. The topological polar surface area (TPSA) is 82.8 Å². The van der Waals surface area contributed by atoms with Crippen LogP contribution in [0.25, 0.3) is 4.85 Å². The van der Waals surface area contributed by atoms with Crippen LogP contribution in [0.3, 0.4) is 0 Å². The Labute approximate surface area is 168 Å². The highest BCUT2D eigenvalue weighted by molar-refractivity contribution is 9.10. The molecule has 142 valence electrons. The second-order valence-electron chi connectivity index (χ2n) is 5.32. The van der Waals surface area contributed by atoms with Gasteiger partial charge in [0, 0.05) is 10.0 Å². The molecule has 0 radical (unpaired) electrons. The van der Waals surface area contributed by atoms with E-state index in [1.54, 1.807) is 25.1 Å². The molecule has 6 nitrogen and oxygen atoms in total. The molecular formula is C19H20BrN2O4P. The van der Waals surface area contributed by atoms with Crippen LogP contribution in [-0.4, -0.2) is 12.5 Å². The molecule has 0 saturated carbocycles. The molecule has 2 aromatic rings. The lowest BCUT2D eigenvalue weighted by molar-refractivity contribution is -0.185. The maximum absolute atomic E-state index is 12.2. The summed E-state index contributed by atoms with van der Waals surface area (Å²) in [5.41, 5.74) is 3.04. The molecule has 2 rings (SSSR count). The Morgan fingerprint density at radius 2 is 1.93 bits per heavy atom. The monoisotopic (exact) mass is 450 g/mol. The molecule has 1 unspecified atom stereocenters. The van der Waals surface area contributed by atoms with E-state index in [2.05, 4.69) is 37.5 Å². The lowest BCUT2D eigenvalue weighted by Crippen LogP contribution is -2.12. The normalized spacial score (nSPS) is 10.3. The Hall–Kier alpha value is -2.10. The first-order chi connectivity index (χ1) is 12.9. The average molecular weight is 451 g/mol. The van der Waals surface area contributed by atoms with E-state index in [1.165, 1.54) is 5.56 Å². The second-order valence-corrected chi connectivity index (χ2v) is 6.88. The number of hydrogen-bond donors (Lipinski definition) is 1. The van der Waals surface area contributed by atoms with E-state index in [-0.39, 0.29) is 12.5 Å². The Balaban J connectivity index is 0.000000527. The SMILES string of the molecule is CCO[P+](=O)[O-].[C-]#[N+]c1ccc(NC(=O)c2ccc(CCC)cc2)c(Br)c1. The van der Waals surface area contributed by atoms with Crippen LogP contribution in [0.4, 0.5) is 11.4 Å². The van der Waals surface area contributed by atoms with Crippen molar-refractivity contribution in [1.29, 1.82) is 0 Å². The van der Waals surface area contributed by atoms with E-state index in [9.17, 15) is 14.3 Å². The number of hydrogen-bond acceptors (Lipinski definition) is 4. The van der Waals surface area contributed by atoms with Gasteiger partial charge in [0.15, 0.2) is 5.69 Å². The number of benzene rings is 2. The van der Waals surface area contributed by atoms with Crippen molar-refractivity contribution in [2.45, 2.75) is 26.7 Å². The smallest absolute Gasteiger partial charge is 0.488 e. The van der Waals surface area contributed by atoms with E-state index < -0.39 is 8.25 Å². The summed E-state index contributed by atoms with van der Waals surface area (Å²) in [7, 11) is -2.60. The van der Waals surface area contributed by atoms with Crippen LogP contribution in [0.5, 0.6) is 0 Å². The van der Waals surface area contributed by atoms with Gasteiger partial charge in [0.25, 0.3) is 5.91 Å². The van der Waals surface area contributed by atoms with Crippen molar-refractivity contribution < 1.29 is 18.8 Å². The molecule has 0 bridgehead atoms. The number of aryl methyl sites for hydroxylation is 1. The van der Waals surface area contributed by atoms with Gasteiger partial charge in [-0.1, -0.05) is 31.5 Å². The molecule has 0 aliphatic carbocycles. The van der Waals surface area contributed by atoms with Crippen LogP contribution in [0.2, 0.25) is 0 Å². The number of amides is 1. The summed E-state index contributed by atoms with van der Waals surface area (Å²) in [6.07, 6.45) is 2.11. The molecular weight excluding hydrogens is 431 g/mol. The van der Waals surface area contributed by atoms with Crippen LogP contribution in [0.1, 0.15) is 36.2 Å². The first kappa shape index (κ1) is 22.9. The number of nitrogens with zero attached hydrogens (tertiary/aromatic N) is 1. The molecule has 0 spiro atoms. The third-order valence-corrected chi connectivity index (χ3v) is 4.44. The molecule has 2 aromatic carbocycles. The Bertz CT molecular complexity index is 819. The molecule has 1 amide bonds. The Morgan fingerprint density at radius 1 is 1.26 bits per heavy atom. The first-order valence-electron chi connectivity index (χ1n) is 8.25. The maximum Gasteiger partial charge on any atom is 0.488 e. The number of carbonyl (C=O) groups excluding carboxylic acids is 1. The molecule has 0 aliphatic rings. The van der Waals surface area contributed by atoms with Crippen molar-refractivity contribution in [2.24, 2.45) is 0 Å². The summed E-state index contributed by atoms with van der Waals surface area (Å²) in [4.78, 5) is 25.0. The van der Waals surface area contributed by atoms with Crippen molar-refractivity contribution in [3.05, 3.63) is 69.5 Å². The van der Waals surface area contributed by atoms with Crippen LogP contribution in [0.15, 0.2) is 46.9 Å². The highest BCUT2D eigenvalue weighted by Gasteiger charge is 2.08. The minimum atomic E-state index is -2.60. The Morgan fingerprint density at radius 3 is 2.37 bits per heavy atom. The fraction of sp³-hybridized carbons (Fsp3) is 0.263. The van der Waals surface area contributed by atoms with Gasteiger partial charge < -0.3 is 10.2 Å². The number of halogens is 1. The van der Waals surface area contributed by atoms with E-state index in [0.717, 1.165) is 12.8 Å². The lowest BCUT2D eigenvalue weighted by atomic mass is 10.1. The number of anilines is 1. The molecule has 0 aliphatic heterocycles. The summed E-state index contributed by atoms with van der Waals surface area (Å²) in [6, 6.07) is 12.7. The predicted molar refractivity (Wildman–Crippen MR) is 108 cm³/mol. The fourth-order valence-corrected chi connectivity index (χ4v) is 2.76. The van der Waals surface area contributed by atoms with Crippen molar-refractivity contribution in [3.63, 3.8) is 0 Å². The first-order valence-corrected chi connectivity index (χ1v) is 10.1. The van der Waals surface area contributed by atoms with Gasteiger partial charge in [-0.25, -0.2) is 4.85 Å². The van der Waals surface area contributed by atoms with Crippen molar-refractivity contribution in [2.75, 3.05) is 11.9 Å². The van der Waals surface area contributed by atoms with E-state index in [0.29, 0.717) is 21.4 Å². The minimum Gasteiger partial charge on any atom is -0.566 e. The summed E-state index contributed by atoms with van der Waals surface area (Å²) in [5, 5.41) is 2.84. The Kier molecular flexibility index (Phi) is 10.5. The minimum absolute atomic E-state index is 0.158. The van der Waals surface area contributed by atoms with E-state index >= 15 is 0 Å². The molecule has 1 atom stereocenters. The third-order valence-electron chi connectivity index (χ3n) is 3.32. The molecule has 8 heteroatoms. The fourth-order valence-electron chi connectivity index (χ4n) is 2.09. The van der Waals surface area contributed by atoms with Crippen LogP contribution < -0.4 is 10.2 Å². The summed E-state index contributed by atoms with van der Waals surface area (Å²) in [5.74, 6) is -0.158. The van der Waals surface area contributed by atoms with Gasteiger partial charge in [0.2, 0.25) is 0 Å². The van der Waals surface area contributed by atoms with Crippen LogP contribution in [0, 0.1) is 6.57 Å². The molecule has 0 saturated heterocycles. The average Bonchev–Trinajstić information content (AvgIpc) is 2.64. The molecule has 1 N–H and O–H groups in total. The van der Waals surface area contributed by atoms with Gasteiger partial charge >= 0.3 is 8.25 Å². The summed E-state index contributed by atoms with van der Waals surface area (Å²) in [6.45, 7) is 10.9. The molecule has 27 heavy (non-hydrogen) atoms. The largest absolute Gasteiger partial charge is 0.566 e. The van der Waals surface area contributed by atoms with Crippen LogP contribution in [-0.2, 0) is 15.5 Å². The molecule has 0 fully saturated rings. The third kappa shape index (κ3) is 8.42. The number of nitrogens with one attached hydrogen (secondary N) is 1. The number of rotatable bonds is 6. The van der Waals surface area contributed by atoms with Gasteiger partial charge in [0.1, 0.15) is 0 Å². The van der Waals surface area contributed by atoms with Crippen molar-refractivity contribution >= 4 is 41.5 Å². The standard InChI is InChI=1S/C17H15BrN2O.C2H5O3P/c1-3-4-12-5-7-13(8-6-12)17(21)20-16-10-9-14(19-2)11-15(16)18;1-2-5-6(3)4/h5-11H,3-4H2,1H3,(H,20,21);2H2,1H3. The molecule has 0 heterocycles. The van der Waals surface area contributed by atoms with E-state index in [1.807, 2.05) is 24.3 Å². The summed E-state index contributed by atoms with van der Waals surface area (Å²) < 4.78 is 14.1. The van der Waals surface area contributed by atoms with Gasteiger partial charge in [-0.05, 0) is 63.7 Å². The predicted octanol–water partition coefficient (Wildman–Crippen LogP) is 5.25. The van der Waals surface area contributed by atoms with Crippen molar-refractivity contribution in [3.8, 4) is 0 Å². The lowest BCUT2D eigenvalue weighted by Gasteiger charge is -2.08. The van der Waals surface area contributed by atoms with Gasteiger partial charge in [-0.2, -0.15) is 0 Å². The van der Waals surface area contributed by atoms with Crippen molar-refractivity contribution in [1.82, 2.24) is 0 Å². The highest BCUT2D eigenvalue weighted by atomic mass is 79.9. The van der Waals surface area contributed by atoms with E-state index in [4.69, 9.17) is 6.57 Å². The molecule has 0 aromatic heterocycles. The zero-order valence-corrected chi connectivity index (χ0v) is 17.5.